The zero-order valence-electron chi connectivity index (χ0n) is 20.3. The number of rotatable bonds is 3. The lowest BCUT2D eigenvalue weighted by Gasteiger charge is -2.60. The highest BCUT2D eigenvalue weighted by molar-refractivity contribution is 6.30. The number of hydrogen-bond acceptors (Lipinski definition) is 2. The molecule has 3 aliphatic carbocycles. The highest BCUT2D eigenvalue weighted by Crippen LogP contribution is 2.65. The van der Waals surface area contributed by atoms with Gasteiger partial charge in [0.1, 0.15) is 0 Å². The van der Waals surface area contributed by atoms with Gasteiger partial charge < -0.3 is 10.2 Å². The first-order chi connectivity index (χ1) is 15.6. The third-order valence-corrected chi connectivity index (χ3v) is 10.4. The topological polar surface area (TPSA) is 49.4 Å². The van der Waals surface area contributed by atoms with Crippen LogP contribution < -0.4 is 5.32 Å². The van der Waals surface area contributed by atoms with Crippen molar-refractivity contribution < 1.29 is 9.59 Å². The molecule has 5 rings (SSSR count). The zero-order valence-corrected chi connectivity index (χ0v) is 21.1. The van der Waals surface area contributed by atoms with Crippen molar-refractivity contribution in [3.63, 3.8) is 0 Å². The Morgan fingerprint density at radius 3 is 2.70 bits per heavy atom. The summed E-state index contributed by atoms with van der Waals surface area (Å²) < 4.78 is 0. The zero-order chi connectivity index (χ0) is 23.5. The van der Waals surface area contributed by atoms with Gasteiger partial charge in [0.05, 0.1) is 6.04 Å². The maximum atomic E-state index is 13.5. The average Bonchev–Trinajstić information content (AvgIpc) is 3.14. The molecule has 1 aliphatic heterocycles. The van der Waals surface area contributed by atoms with Crippen LogP contribution >= 0.6 is 11.6 Å². The summed E-state index contributed by atoms with van der Waals surface area (Å²) >= 11 is 6.17. The summed E-state index contributed by atoms with van der Waals surface area (Å²) in [5, 5.41) is 4.01. The van der Waals surface area contributed by atoms with Crippen LogP contribution in [-0.2, 0) is 9.59 Å². The number of hydrogen-bond donors (Lipinski definition) is 1. The predicted octanol–water partition coefficient (Wildman–Crippen LogP) is 5.77. The minimum atomic E-state index is -0.0509. The van der Waals surface area contributed by atoms with E-state index in [1.807, 2.05) is 43.1 Å². The number of carbonyl (C=O) groups excluding carboxylic acids is 2. The van der Waals surface area contributed by atoms with Gasteiger partial charge in [-0.25, -0.2) is 0 Å². The Kier molecular flexibility index (Phi) is 5.67. The van der Waals surface area contributed by atoms with E-state index in [2.05, 4.69) is 25.2 Å². The number of amides is 2. The summed E-state index contributed by atoms with van der Waals surface area (Å²) in [7, 11) is 1.97. The van der Waals surface area contributed by atoms with Crippen molar-refractivity contribution in [3.05, 3.63) is 47.0 Å². The van der Waals surface area contributed by atoms with Crippen molar-refractivity contribution in [1.29, 1.82) is 0 Å². The van der Waals surface area contributed by atoms with E-state index in [1.54, 1.807) is 6.08 Å². The second kappa shape index (κ2) is 8.15. The Labute approximate surface area is 203 Å². The van der Waals surface area contributed by atoms with E-state index in [9.17, 15) is 9.59 Å². The molecule has 0 radical (unpaired) electrons. The highest BCUT2D eigenvalue weighted by atomic mass is 35.5. The molecule has 1 N–H and O–H groups in total. The number of likely N-dealkylation sites (N-methyl/N-ethyl adjacent to an activating group) is 1. The van der Waals surface area contributed by atoms with E-state index in [-0.39, 0.29) is 34.6 Å². The molecule has 1 heterocycles. The molecule has 3 unspecified atom stereocenters. The van der Waals surface area contributed by atoms with Gasteiger partial charge in [0, 0.05) is 29.4 Å². The van der Waals surface area contributed by atoms with Crippen LogP contribution in [0.1, 0.15) is 70.9 Å². The van der Waals surface area contributed by atoms with Crippen molar-refractivity contribution in [1.82, 2.24) is 10.2 Å². The van der Waals surface area contributed by atoms with Gasteiger partial charge in [-0.05, 0) is 92.4 Å². The second-order valence-electron chi connectivity index (χ2n) is 11.6. The SMILES string of the molecule is CC(NC(=O)C1CC[C@H]2[C@@H]3CCC4N(C)C(=O)C=C[C@]4(C)[C@@H]3CC[C@]12C)c1cccc(Cl)c1. The van der Waals surface area contributed by atoms with E-state index >= 15 is 0 Å². The lowest BCUT2D eigenvalue weighted by Crippen LogP contribution is -2.59. The maximum absolute atomic E-state index is 13.5. The Balaban J connectivity index is 1.34. The summed E-state index contributed by atoms with van der Waals surface area (Å²) in [5.41, 5.74) is 1.16. The van der Waals surface area contributed by atoms with Crippen LogP contribution in [-0.4, -0.2) is 29.8 Å². The fraction of sp³-hybridized carbons (Fsp3) is 0.643. The monoisotopic (exact) mass is 468 g/mol. The van der Waals surface area contributed by atoms with Crippen LogP contribution in [0.3, 0.4) is 0 Å². The molecule has 178 valence electrons. The first kappa shape index (κ1) is 23.0. The molecule has 0 spiro atoms. The molecule has 5 heteroatoms. The van der Waals surface area contributed by atoms with Gasteiger partial charge >= 0.3 is 0 Å². The van der Waals surface area contributed by atoms with Gasteiger partial charge in [-0.2, -0.15) is 0 Å². The number of halogens is 1. The average molecular weight is 469 g/mol. The molecule has 4 aliphatic rings. The molecule has 3 fully saturated rings. The van der Waals surface area contributed by atoms with Crippen LogP contribution in [0, 0.1) is 34.5 Å². The van der Waals surface area contributed by atoms with E-state index in [1.165, 1.54) is 6.42 Å². The van der Waals surface area contributed by atoms with Gasteiger partial charge in [-0.1, -0.05) is 43.7 Å². The fourth-order valence-corrected chi connectivity index (χ4v) is 8.54. The van der Waals surface area contributed by atoms with Crippen molar-refractivity contribution in [3.8, 4) is 0 Å². The van der Waals surface area contributed by atoms with Gasteiger partial charge in [-0.3, -0.25) is 9.59 Å². The van der Waals surface area contributed by atoms with Gasteiger partial charge in [-0.15, -0.1) is 0 Å². The molecule has 33 heavy (non-hydrogen) atoms. The van der Waals surface area contributed by atoms with E-state index in [0.717, 1.165) is 37.7 Å². The summed E-state index contributed by atoms with van der Waals surface area (Å²) in [5.74, 6) is 2.23. The lowest BCUT2D eigenvalue weighted by atomic mass is 9.47. The first-order valence-corrected chi connectivity index (χ1v) is 13.0. The largest absolute Gasteiger partial charge is 0.349 e. The van der Waals surface area contributed by atoms with Gasteiger partial charge in [0.2, 0.25) is 11.8 Å². The van der Waals surface area contributed by atoms with Crippen molar-refractivity contribution in [2.45, 2.75) is 71.4 Å². The Bertz CT molecular complexity index is 992. The first-order valence-electron chi connectivity index (χ1n) is 12.7. The summed E-state index contributed by atoms with van der Waals surface area (Å²) in [6.45, 7) is 6.81. The number of carbonyl (C=O) groups is 2. The van der Waals surface area contributed by atoms with Crippen LogP contribution in [0.2, 0.25) is 5.02 Å². The second-order valence-corrected chi connectivity index (χ2v) is 12.0. The molecule has 0 saturated heterocycles. The van der Waals surface area contributed by atoms with Crippen LogP contribution in [0.4, 0.5) is 0 Å². The number of nitrogens with one attached hydrogen (secondary N) is 1. The molecule has 0 aromatic heterocycles. The van der Waals surface area contributed by atoms with Crippen molar-refractivity contribution >= 4 is 23.4 Å². The van der Waals surface area contributed by atoms with E-state index in [4.69, 9.17) is 11.6 Å². The molecular formula is C28H37ClN2O2. The maximum Gasteiger partial charge on any atom is 0.246 e. The molecule has 1 aromatic rings. The Morgan fingerprint density at radius 2 is 1.94 bits per heavy atom. The Hall–Kier alpha value is -1.81. The smallest absolute Gasteiger partial charge is 0.246 e. The standard InChI is InChI=1S/C28H37ClN2O2/c1-17(18-6-5-7-19(29)16-18)30-26(33)23-10-9-21-20-8-11-24-28(3,15-13-25(32)31(24)4)22(20)12-14-27(21,23)2/h5-7,13,15-17,20-24H,8-12,14H2,1-4H3,(H,30,33)/t17?,20-,21-,22+,23?,24?,27-,28+/m0/s1. The summed E-state index contributed by atoms with van der Waals surface area (Å²) in [6.07, 6.45) is 10.6. The third-order valence-electron chi connectivity index (χ3n) is 10.2. The third kappa shape index (κ3) is 3.55. The summed E-state index contributed by atoms with van der Waals surface area (Å²) in [6, 6.07) is 8.03. The minimum Gasteiger partial charge on any atom is -0.349 e. The number of benzene rings is 1. The van der Waals surface area contributed by atoms with E-state index in [0.29, 0.717) is 28.8 Å². The molecule has 2 amide bonds. The van der Waals surface area contributed by atoms with Gasteiger partial charge in [0.15, 0.2) is 0 Å². The molecule has 3 saturated carbocycles. The predicted molar refractivity (Wildman–Crippen MR) is 132 cm³/mol. The minimum absolute atomic E-state index is 0.0499. The molecule has 1 aromatic carbocycles. The normalized spacial score (nSPS) is 40.6. The highest BCUT2D eigenvalue weighted by Gasteiger charge is 2.61. The number of fused-ring (bicyclic) bond motifs is 5. The van der Waals surface area contributed by atoms with Crippen molar-refractivity contribution in [2.24, 2.45) is 34.5 Å². The number of nitrogens with zero attached hydrogens (tertiary/aromatic N) is 1. The quantitative estimate of drug-likeness (QED) is 0.611. The van der Waals surface area contributed by atoms with Crippen LogP contribution in [0.15, 0.2) is 36.4 Å². The van der Waals surface area contributed by atoms with E-state index < -0.39 is 0 Å². The van der Waals surface area contributed by atoms with Crippen LogP contribution in [0.5, 0.6) is 0 Å². The summed E-state index contributed by atoms with van der Waals surface area (Å²) in [4.78, 5) is 27.8. The molecule has 0 bridgehead atoms. The Morgan fingerprint density at radius 1 is 1.15 bits per heavy atom. The van der Waals surface area contributed by atoms with Gasteiger partial charge in [0.25, 0.3) is 0 Å². The fourth-order valence-electron chi connectivity index (χ4n) is 8.34. The lowest BCUT2D eigenvalue weighted by molar-refractivity contribution is -0.142. The molecule has 4 nitrogen and oxygen atoms in total. The molecular weight excluding hydrogens is 432 g/mol. The molecule has 8 atom stereocenters. The van der Waals surface area contributed by atoms with Crippen LogP contribution in [0.25, 0.3) is 0 Å². The van der Waals surface area contributed by atoms with Crippen molar-refractivity contribution in [2.75, 3.05) is 7.05 Å².